The Balaban J connectivity index is 5.17. The number of likely N-dealkylation sites (N-methyl/N-ethyl adjacent to an activating group) is 1. The Labute approximate surface area is 263 Å². The van der Waals surface area contributed by atoms with Crippen molar-refractivity contribution in [1.82, 2.24) is 5.06 Å². The summed E-state index contributed by atoms with van der Waals surface area (Å²) in [5, 5.41) is 20.7. The number of carboxylic acid groups (broad SMARTS) is 2. The Bertz CT molecular complexity index is 726. The molecule has 0 bridgehead atoms. The van der Waals surface area contributed by atoms with E-state index in [2.05, 4.69) is 13.8 Å². The molecule has 0 fully saturated rings. The molecule has 0 unspecified atom stereocenters. The van der Waals surface area contributed by atoms with E-state index < -0.39 is 36.4 Å². The smallest absolute Gasteiger partial charge is 0.359 e. The first-order valence-electron chi connectivity index (χ1n) is 17.4. The molecule has 2 N–H and O–H groups in total. The number of nitrogens with zero attached hydrogens (tertiary/aromatic N) is 2. The van der Waals surface area contributed by atoms with Crippen molar-refractivity contribution in [3.63, 3.8) is 0 Å². The van der Waals surface area contributed by atoms with Gasteiger partial charge >= 0.3 is 17.8 Å². The summed E-state index contributed by atoms with van der Waals surface area (Å²) < 4.78 is 6.24. The van der Waals surface area contributed by atoms with Gasteiger partial charge in [0, 0.05) is 6.42 Å². The van der Waals surface area contributed by atoms with Crippen molar-refractivity contribution in [2.75, 3.05) is 40.9 Å². The van der Waals surface area contributed by atoms with Crippen LogP contribution >= 0.6 is 0 Å². The van der Waals surface area contributed by atoms with Crippen molar-refractivity contribution in [2.45, 2.75) is 161 Å². The minimum atomic E-state index is -2.19. The molecule has 0 saturated carbocycles. The molecule has 0 aromatic heterocycles. The molecule has 1 amide bonds. The van der Waals surface area contributed by atoms with Gasteiger partial charge in [-0.1, -0.05) is 129 Å². The average molecular weight is 616 g/mol. The Hall–Kier alpha value is -1.71. The van der Waals surface area contributed by atoms with Gasteiger partial charge in [0.2, 0.25) is 0 Å². The molecule has 9 heteroatoms. The summed E-state index contributed by atoms with van der Waals surface area (Å²) >= 11 is 0. The molecule has 0 rings (SSSR count). The predicted octanol–water partition coefficient (Wildman–Crippen LogP) is 7.96. The van der Waals surface area contributed by atoms with Gasteiger partial charge in [-0.25, -0.2) is 4.79 Å². The highest BCUT2D eigenvalue weighted by Gasteiger charge is 2.50. The number of hydrogen-bond donors (Lipinski definition) is 2. The summed E-state index contributed by atoms with van der Waals surface area (Å²) in [6.07, 6.45) is 21.8. The number of amides is 1. The third-order valence-corrected chi connectivity index (χ3v) is 7.73. The van der Waals surface area contributed by atoms with Gasteiger partial charge < -0.3 is 19.4 Å². The van der Waals surface area contributed by atoms with Crippen LogP contribution < -0.4 is 0 Å². The molecule has 254 valence electrons. The summed E-state index contributed by atoms with van der Waals surface area (Å²) in [6.45, 7) is 4.70. The van der Waals surface area contributed by atoms with Crippen LogP contribution in [0.4, 0.5) is 0 Å². The zero-order chi connectivity index (χ0) is 32.4. The van der Waals surface area contributed by atoms with E-state index in [4.69, 9.17) is 9.57 Å². The molecule has 0 aromatic carbocycles. The molecule has 0 heterocycles. The molecule has 43 heavy (non-hydrogen) atoms. The number of quaternary nitrogens is 1. The summed E-state index contributed by atoms with van der Waals surface area (Å²) in [7, 11) is 5.51. The van der Waals surface area contributed by atoms with Crippen molar-refractivity contribution in [3.05, 3.63) is 0 Å². The molecule has 0 spiro atoms. The first-order chi connectivity index (χ1) is 20.5. The zero-order valence-corrected chi connectivity index (χ0v) is 28.5. The van der Waals surface area contributed by atoms with Crippen molar-refractivity contribution >= 4 is 17.8 Å². The highest BCUT2D eigenvalue weighted by molar-refractivity contribution is 5.86. The third kappa shape index (κ3) is 21.6. The first-order valence-corrected chi connectivity index (χ1v) is 17.4. The normalized spacial score (nSPS) is 13.1. The topological polar surface area (TPSA) is 113 Å². The number of ether oxygens (including phenoxy) is 1. The zero-order valence-electron chi connectivity index (χ0n) is 28.5. The average Bonchev–Trinajstić information content (AvgIpc) is 2.93. The molecule has 0 aliphatic rings. The number of carboxylic acids is 2. The van der Waals surface area contributed by atoms with Crippen LogP contribution in [0.3, 0.4) is 0 Å². The predicted molar refractivity (Wildman–Crippen MR) is 173 cm³/mol. The van der Waals surface area contributed by atoms with Gasteiger partial charge in [-0.2, -0.15) is 5.06 Å². The quantitative estimate of drug-likeness (QED) is 0.0352. The monoisotopic (exact) mass is 615 g/mol. The van der Waals surface area contributed by atoms with Crippen molar-refractivity contribution in [3.8, 4) is 0 Å². The molecule has 9 nitrogen and oxygen atoms in total. The van der Waals surface area contributed by atoms with E-state index in [0.717, 1.165) is 43.6 Å². The number of hydroxylamine groups is 2. The van der Waals surface area contributed by atoms with Crippen LogP contribution in [0.25, 0.3) is 0 Å². The van der Waals surface area contributed by atoms with Crippen LogP contribution in [0, 0.1) is 0 Å². The van der Waals surface area contributed by atoms with Crippen LogP contribution in [0.1, 0.15) is 155 Å². The Morgan fingerprint density at radius 1 is 0.628 bits per heavy atom. The summed E-state index contributed by atoms with van der Waals surface area (Å²) in [5.74, 6) is -3.09. The van der Waals surface area contributed by atoms with E-state index >= 15 is 0 Å². The van der Waals surface area contributed by atoms with E-state index in [1.807, 2.05) is 21.1 Å². The minimum Gasteiger partial charge on any atom is -0.481 e. The summed E-state index contributed by atoms with van der Waals surface area (Å²) in [6, 6.07) is 0. The Morgan fingerprint density at radius 2 is 1.02 bits per heavy atom. The molecular weight excluding hydrogens is 548 g/mol. The maximum atomic E-state index is 13.5. The van der Waals surface area contributed by atoms with Gasteiger partial charge in [0.25, 0.3) is 5.72 Å². The maximum Gasteiger partial charge on any atom is 0.359 e. The maximum absolute atomic E-state index is 13.5. The van der Waals surface area contributed by atoms with Crippen LogP contribution in [0.5, 0.6) is 0 Å². The molecule has 1 atom stereocenters. The third-order valence-electron chi connectivity index (χ3n) is 7.73. The van der Waals surface area contributed by atoms with E-state index in [9.17, 15) is 24.6 Å². The number of hydrogen-bond acceptors (Lipinski definition) is 5. The second-order valence-electron chi connectivity index (χ2n) is 13.2. The molecule has 0 aliphatic heterocycles. The summed E-state index contributed by atoms with van der Waals surface area (Å²) in [5.41, 5.74) is -2.19. The number of carbonyl (C=O) groups is 3. The molecule has 0 aromatic rings. The largest absolute Gasteiger partial charge is 0.481 e. The highest BCUT2D eigenvalue weighted by atomic mass is 16.7. The molecule has 0 saturated heterocycles. The van der Waals surface area contributed by atoms with Crippen molar-refractivity contribution in [2.24, 2.45) is 0 Å². The van der Waals surface area contributed by atoms with E-state index in [0.29, 0.717) is 12.8 Å². The van der Waals surface area contributed by atoms with Gasteiger partial charge in [0.1, 0.15) is 0 Å². The fraction of sp³-hybridized carbons (Fsp3) is 0.912. The van der Waals surface area contributed by atoms with Gasteiger partial charge in [-0.3, -0.25) is 14.4 Å². The lowest BCUT2D eigenvalue weighted by Gasteiger charge is -2.39. The standard InChI is InChI=1S/C34H66N2O7/c1-6-8-10-12-14-16-18-20-22-24-28-42-34(33(40)41,27-26-32(38)39)35(31(37)30-36(3,4)5)43-29-25-23-21-19-17-15-13-11-9-7-2/h6-30H2,1-5H3,(H-,38,39,40,41)/p+1/t34-/m1/s1. The van der Waals surface area contributed by atoms with Crippen LogP contribution in [0.2, 0.25) is 0 Å². The second kappa shape index (κ2) is 25.6. The SMILES string of the molecule is CCCCCCCCCCCCON(C(=O)C[N+](C)(C)C)[C@](CCC(=O)O)(OCCCCCCCCCCCC)C(=O)O. The van der Waals surface area contributed by atoms with E-state index in [1.54, 1.807) is 0 Å². The lowest BCUT2D eigenvalue weighted by molar-refractivity contribution is -0.862. The highest BCUT2D eigenvalue weighted by Crippen LogP contribution is 2.27. The number of carbonyl (C=O) groups excluding carboxylic acids is 1. The van der Waals surface area contributed by atoms with Gasteiger partial charge in [-0.15, -0.1) is 0 Å². The van der Waals surface area contributed by atoms with E-state index in [-0.39, 0.29) is 24.2 Å². The number of rotatable bonds is 31. The van der Waals surface area contributed by atoms with Crippen LogP contribution in [-0.2, 0) is 24.0 Å². The fourth-order valence-electron chi connectivity index (χ4n) is 5.19. The number of unbranched alkanes of at least 4 members (excludes halogenated alkanes) is 18. The van der Waals surface area contributed by atoms with Gasteiger partial charge in [0.15, 0.2) is 6.54 Å². The van der Waals surface area contributed by atoms with Crippen LogP contribution in [0.15, 0.2) is 0 Å². The van der Waals surface area contributed by atoms with Crippen molar-refractivity contribution < 1.29 is 38.7 Å². The van der Waals surface area contributed by atoms with Crippen molar-refractivity contribution in [1.29, 1.82) is 0 Å². The Kier molecular flexibility index (Phi) is 24.6. The molecule has 0 radical (unpaired) electrons. The van der Waals surface area contributed by atoms with E-state index in [1.165, 1.54) is 77.0 Å². The lowest BCUT2D eigenvalue weighted by Crippen LogP contribution is -2.61. The Morgan fingerprint density at radius 3 is 1.40 bits per heavy atom. The molecule has 0 aliphatic carbocycles. The van der Waals surface area contributed by atoms with Gasteiger partial charge in [0.05, 0.1) is 40.8 Å². The second-order valence-corrected chi connectivity index (χ2v) is 13.2. The lowest BCUT2D eigenvalue weighted by atomic mass is 10.1. The minimum absolute atomic E-state index is 0.0122. The fourth-order valence-corrected chi connectivity index (χ4v) is 5.19. The summed E-state index contributed by atoms with van der Waals surface area (Å²) in [4.78, 5) is 43.6. The molecular formula is C34H67N2O7+. The first kappa shape index (κ1) is 41.3. The van der Waals surface area contributed by atoms with Gasteiger partial charge in [-0.05, 0) is 12.8 Å². The number of aliphatic carboxylic acids is 2. The van der Waals surface area contributed by atoms with Crippen LogP contribution in [-0.4, -0.2) is 84.2 Å².